The van der Waals surface area contributed by atoms with Crippen molar-refractivity contribution in [3.05, 3.63) is 30.1 Å². The summed E-state index contributed by atoms with van der Waals surface area (Å²) in [6.07, 6.45) is 0. The number of nitrogens with two attached hydrogens (primary N) is 1. The molecule has 0 aliphatic rings. The van der Waals surface area contributed by atoms with Crippen molar-refractivity contribution in [1.29, 1.82) is 0 Å². The third-order valence-electron chi connectivity index (χ3n) is 1.94. The van der Waals surface area contributed by atoms with E-state index in [0.29, 0.717) is 6.61 Å². The van der Waals surface area contributed by atoms with E-state index in [4.69, 9.17) is 10.5 Å². The van der Waals surface area contributed by atoms with E-state index >= 15 is 0 Å². The summed E-state index contributed by atoms with van der Waals surface area (Å²) < 4.78 is 10.7. The van der Waals surface area contributed by atoms with Gasteiger partial charge < -0.3 is 10.5 Å². The van der Waals surface area contributed by atoms with Crippen LogP contribution in [0.15, 0.2) is 28.6 Å². The summed E-state index contributed by atoms with van der Waals surface area (Å²) in [6.45, 7) is 2.52. The Hall–Kier alpha value is -1.27. The van der Waals surface area contributed by atoms with E-state index in [1.165, 1.54) is 11.5 Å². The predicted octanol–water partition coefficient (Wildman–Crippen LogP) is 2.60. The van der Waals surface area contributed by atoms with Crippen LogP contribution in [-0.2, 0) is 0 Å². The van der Waals surface area contributed by atoms with Crippen LogP contribution in [0.3, 0.4) is 0 Å². The number of thioether (sulfide) groups is 1. The van der Waals surface area contributed by atoms with Gasteiger partial charge in [0.1, 0.15) is 11.6 Å². The first-order valence-corrected chi connectivity index (χ1v) is 6.91. The van der Waals surface area contributed by atoms with Crippen LogP contribution in [-0.4, -0.2) is 21.7 Å². The predicted molar refractivity (Wildman–Crippen MR) is 71.7 cm³/mol. The maximum atomic E-state index is 5.65. The number of aryl methyl sites for hydroxylation is 1. The van der Waals surface area contributed by atoms with Gasteiger partial charge in [0.15, 0.2) is 4.34 Å². The van der Waals surface area contributed by atoms with E-state index in [1.54, 1.807) is 11.8 Å². The van der Waals surface area contributed by atoms with E-state index < -0.39 is 0 Å². The Morgan fingerprint density at radius 3 is 3.06 bits per heavy atom. The lowest BCUT2D eigenvalue weighted by Crippen LogP contribution is -2.00. The molecule has 0 aliphatic heterocycles. The number of aromatic nitrogens is 2. The first kappa shape index (κ1) is 12.2. The zero-order chi connectivity index (χ0) is 12.1. The zero-order valence-corrected chi connectivity index (χ0v) is 11.1. The van der Waals surface area contributed by atoms with Crippen molar-refractivity contribution in [3.8, 4) is 5.75 Å². The third kappa shape index (κ3) is 3.90. The van der Waals surface area contributed by atoms with Crippen LogP contribution in [0.4, 0.5) is 5.69 Å². The van der Waals surface area contributed by atoms with E-state index in [9.17, 15) is 0 Å². The number of hydrogen-bond donors (Lipinski definition) is 1. The summed E-state index contributed by atoms with van der Waals surface area (Å²) in [5, 5.41) is 0. The molecule has 2 N–H and O–H groups in total. The molecule has 0 saturated carbocycles. The Labute approximate surface area is 108 Å². The molecule has 0 spiro atoms. The van der Waals surface area contributed by atoms with Gasteiger partial charge in [-0.2, -0.15) is 4.37 Å². The molecule has 0 amide bonds. The number of hydrogen-bond acceptors (Lipinski definition) is 6. The molecule has 17 heavy (non-hydrogen) atoms. The van der Waals surface area contributed by atoms with Crippen LogP contribution in [0.5, 0.6) is 5.75 Å². The maximum absolute atomic E-state index is 5.65. The smallest absolute Gasteiger partial charge is 0.170 e. The molecule has 2 rings (SSSR count). The molecule has 0 atom stereocenters. The molecule has 0 aliphatic carbocycles. The van der Waals surface area contributed by atoms with Crippen LogP contribution in [0.1, 0.15) is 5.82 Å². The van der Waals surface area contributed by atoms with Crippen LogP contribution in [0.2, 0.25) is 0 Å². The Morgan fingerprint density at radius 1 is 1.47 bits per heavy atom. The molecule has 2 aromatic rings. The van der Waals surface area contributed by atoms with Crippen molar-refractivity contribution in [2.75, 3.05) is 18.1 Å². The molecule has 4 nitrogen and oxygen atoms in total. The Kier molecular flexibility index (Phi) is 4.22. The average molecular weight is 267 g/mol. The highest BCUT2D eigenvalue weighted by Crippen LogP contribution is 2.20. The van der Waals surface area contributed by atoms with Gasteiger partial charge in [0.05, 0.1) is 6.61 Å². The topological polar surface area (TPSA) is 61.0 Å². The van der Waals surface area contributed by atoms with Crippen molar-refractivity contribution in [3.63, 3.8) is 0 Å². The molecular formula is C11H13N3OS2. The normalized spacial score (nSPS) is 10.4. The minimum absolute atomic E-state index is 0.632. The highest BCUT2D eigenvalue weighted by Gasteiger charge is 2.01. The Bertz CT molecular complexity index is 487. The van der Waals surface area contributed by atoms with Crippen LogP contribution in [0, 0.1) is 6.92 Å². The van der Waals surface area contributed by atoms with Gasteiger partial charge in [-0.05, 0) is 30.6 Å². The van der Waals surface area contributed by atoms with Crippen LogP contribution >= 0.6 is 23.3 Å². The highest BCUT2D eigenvalue weighted by molar-refractivity contribution is 8.00. The first-order chi connectivity index (χ1) is 8.24. The van der Waals surface area contributed by atoms with Crippen molar-refractivity contribution in [2.24, 2.45) is 0 Å². The van der Waals surface area contributed by atoms with Crippen LogP contribution in [0.25, 0.3) is 0 Å². The van der Waals surface area contributed by atoms with Crippen molar-refractivity contribution in [2.45, 2.75) is 11.3 Å². The fourth-order valence-electron chi connectivity index (χ4n) is 1.23. The minimum atomic E-state index is 0.632. The Balaban J connectivity index is 1.73. The minimum Gasteiger partial charge on any atom is -0.493 e. The number of benzene rings is 1. The number of rotatable bonds is 5. The van der Waals surface area contributed by atoms with Gasteiger partial charge in [0.25, 0.3) is 0 Å². The number of anilines is 1. The quantitative estimate of drug-likeness (QED) is 0.512. The molecule has 0 radical (unpaired) electrons. The van der Waals surface area contributed by atoms with Gasteiger partial charge in [0.2, 0.25) is 0 Å². The van der Waals surface area contributed by atoms with Gasteiger partial charge in [-0.3, -0.25) is 0 Å². The molecule has 0 bridgehead atoms. The van der Waals surface area contributed by atoms with Gasteiger partial charge in [-0.25, -0.2) is 4.98 Å². The molecule has 0 unspecified atom stereocenters. The van der Waals surface area contributed by atoms with Gasteiger partial charge in [0, 0.05) is 17.5 Å². The van der Waals surface area contributed by atoms with E-state index in [0.717, 1.165) is 27.4 Å². The molecular weight excluding hydrogens is 254 g/mol. The van der Waals surface area contributed by atoms with Crippen molar-refractivity contribution < 1.29 is 4.74 Å². The number of nitrogens with zero attached hydrogens (tertiary/aromatic N) is 2. The fourth-order valence-corrected chi connectivity index (χ4v) is 2.76. The molecule has 1 heterocycles. The lowest BCUT2D eigenvalue weighted by atomic mass is 10.3. The zero-order valence-electron chi connectivity index (χ0n) is 9.42. The number of nitrogen functional groups attached to an aromatic ring is 1. The first-order valence-electron chi connectivity index (χ1n) is 5.15. The lowest BCUT2D eigenvalue weighted by Gasteiger charge is -2.05. The van der Waals surface area contributed by atoms with Crippen molar-refractivity contribution in [1.82, 2.24) is 9.36 Å². The maximum Gasteiger partial charge on any atom is 0.170 e. The molecule has 0 fully saturated rings. The Morgan fingerprint density at radius 2 is 2.35 bits per heavy atom. The van der Waals surface area contributed by atoms with E-state index in [2.05, 4.69) is 9.36 Å². The monoisotopic (exact) mass is 267 g/mol. The lowest BCUT2D eigenvalue weighted by molar-refractivity contribution is 0.344. The number of ether oxygens (including phenoxy) is 1. The molecule has 1 aromatic carbocycles. The second-order valence-electron chi connectivity index (χ2n) is 3.38. The van der Waals surface area contributed by atoms with Crippen molar-refractivity contribution >= 4 is 29.0 Å². The summed E-state index contributed by atoms with van der Waals surface area (Å²) in [5.41, 5.74) is 6.37. The largest absolute Gasteiger partial charge is 0.493 e. The van der Waals surface area contributed by atoms with Gasteiger partial charge >= 0.3 is 0 Å². The van der Waals surface area contributed by atoms with E-state index in [-0.39, 0.29) is 0 Å². The summed E-state index contributed by atoms with van der Waals surface area (Å²) in [6, 6.07) is 7.44. The molecule has 0 saturated heterocycles. The van der Waals surface area contributed by atoms with Crippen LogP contribution < -0.4 is 10.5 Å². The summed E-state index contributed by atoms with van der Waals surface area (Å²) in [4.78, 5) is 4.26. The molecule has 1 aromatic heterocycles. The van der Waals surface area contributed by atoms with Gasteiger partial charge in [-0.1, -0.05) is 17.8 Å². The molecule has 90 valence electrons. The summed E-state index contributed by atoms with van der Waals surface area (Å²) in [7, 11) is 0. The highest BCUT2D eigenvalue weighted by atomic mass is 32.2. The molecule has 6 heteroatoms. The standard InChI is InChI=1S/C11H13N3OS2/c1-8-13-11(17-14-8)16-6-5-15-10-4-2-3-9(12)7-10/h2-4,7H,5-6,12H2,1H3. The fraction of sp³-hybridized carbons (Fsp3) is 0.273. The summed E-state index contributed by atoms with van der Waals surface area (Å²) >= 11 is 3.08. The second kappa shape index (κ2) is 5.88. The van der Waals surface area contributed by atoms with E-state index in [1.807, 2.05) is 31.2 Å². The van der Waals surface area contributed by atoms with Gasteiger partial charge in [-0.15, -0.1) is 0 Å². The SMILES string of the molecule is Cc1nsc(SCCOc2cccc(N)c2)n1. The average Bonchev–Trinajstić information content (AvgIpc) is 2.71. The second-order valence-corrected chi connectivity index (χ2v) is 5.47. The third-order valence-corrected chi connectivity index (χ3v) is 3.83. The summed E-state index contributed by atoms with van der Waals surface area (Å²) in [5.74, 6) is 2.48.